The zero-order valence-corrected chi connectivity index (χ0v) is 16.5. The minimum absolute atomic E-state index is 0.0524. The molecule has 0 spiro atoms. The van der Waals surface area contributed by atoms with E-state index in [1.807, 2.05) is 50.2 Å². The second-order valence-electron chi connectivity index (χ2n) is 5.82. The predicted molar refractivity (Wildman–Crippen MR) is 102 cm³/mol. The van der Waals surface area contributed by atoms with Crippen LogP contribution in [0.15, 0.2) is 45.3 Å². The van der Waals surface area contributed by atoms with Crippen LogP contribution in [0.2, 0.25) is 0 Å². The zero-order chi connectivity index (χ0) is 17.4. The van der Waals surface area contributed by atoms with Gasteiger partial charge in [0.15, 0.2) is 0 Å². The largest absolute Gasteiger partial charge is 0.301 e. The van der Waals surface area contributed by atoms with E-state index in [1.54, 1.807) is 9.80 Å². The van der Waals surface area contributed by atoms with E-state index in [-0.39, 0.29) is 24.9 Å². The SMILES string of the molecule is Cc1cc(Br)ccc1N1CC(=O)N(c2ccc(Br)cc2C)CC1=O. The first-order valence-electron chi connectivity index (χ1n) is 7.50. The molecule has 2 aromatic rings. The van der Waals surface area contributed by atoms with E-state index in [0.29, 0.717) is 0 Å². The van der Waals surface area contributed by atoms with Gasteiger partial charge in [0, 0.05) is 20.3 Å². The summed E-state index contributed by atoms with van der Waals surface area (Å²) in [5.74, 6) is -0.162. The third-order valence-electron chi connectivity index (χ3n) is 4.09. The fourth-order valence-electron chi connectivity index (χ4n) is 2.90. The quantitative estimate of drug-likeness (QED) is 0.686. The van der Waals surface area contributed by atoms with Crippen LogP contribution in [0.5, 0.6) is 0 Å². The van der Waals surface area contributed by atoms with Crippen LogP contribution in [-0.4, -0.2) is 24.9 Å². The molecule has 0 aliphatic carbocycles. The average molecular weight is 452 g/mol. The van der Waals surface area contributed by atoms with Gasteiger partial charge in [-0.2, -0.15) is 0 Å². The van der Waals surface area contributed by atoms with Crippen molar-refractivity contribution in [3.8, 4) is 0 Å². The number of anilines is 2. The number of nitrogens with zero attached hydrogens (tertiary/aromatic N) is 2. The number of halogens is 2. The monoisotopic (exact) mass is 450 g/mol. The molecule has 1 heterocycles. The summed E-state index contributed by atoms with van der Waals surface area (Å²) in [5, 5.41) is 0. The molecule has 0 radical (unpaired) electrons. The molecule has 4 nitrogen and oxygen atoms in total. The lowest BCUT2D eigenvalue weighted by atomic mass is 10.1. The molecule has 0 aromatic heterocycles. The molecule has 124 valence electrons. The summed E-state index contributed by atoms with van der Waals surface area (Å²) in [5.41, 5.74) is 3.48. The summed E-state index contributed by atoms with van der Waals surface area (Å²) < 4.78 is 1.90. The van der Waals surface area contributed by atoms with Crippen molar-refractivity contribution < 1.29 is 9.59 Å². The van der Waals surface area contributed by atoms with E-state index >= 15 is 0 Å². The van der Waals surface area contributed by atoms with Crippen molar-refractivity contribution in [1.82, 2.24) is 0 Å². The lowest BCUT2D eigenvalue weighted by Gasteiger charge is -2.35. The fourth-order valence-corrected chi connectivity index (χ4v) is 3.85. The maximum Gasteiger partial charge on any atom is 0.247 e. The number of hydrogen-bond donors (Lipinski definition) is 0. The molecule has 0 N–H and O–H groups in total. The van der Waals surface area contributed by atoms with E-state index in [1.165, 1.54) is 0 Å². The van der Waals surface area contributed by atoms with E-state index < -0.39 is 0 Å². The number of amides is 2. The highest BCUT2D eigenvalue weighted by Gasteiger charge is 2.32. The van der Waals surface area contributed by atoms with Crippen molar-refractivity contribution in [3.05, 3.63) is 56.5 Å². The van der Waals surface area contributed by atoms with Crippen LogP contribution in [0.3, 0.4) is 0 Å². The Kier molecular flexibility index (Phi) is 4.78. The molecule has 6 heteroatoms. The van der Waals surface area contributed by atoms with Gasteiger partial charge in [0.25, 0.3) is 0 Å². The van der Waals surface area contributed by atoms with Crippen LogP contribution < -0.4 is 9.80 Å². The molecule has 1 saturated heterocycles. The van der Waals surface area contributed by atoms with E-state index in [2.05, 4.69) is 31.9 Å². The van der Waals surface area contributed by atoms with Gasteiger partial charge in [-0.05, 0) is 61.4 Å². The highest BCUT2D eigenvalue weighted by atomic mass is 79.9. The molecule has 0 saturated carbocycles. The molecule has 2 amide bonds. The molecule has 0 unspecified atom stereocenters. The maximum atomic E-state index is 12.7. The molecule has 0 atom stereocenters. The van der Waals surface area contributed by atoms with E-state index in [9.17, 15) is 9.59 Å². The summed E-state index contributed by atoms with van der Waals surface area (Å²) in [6.45, 7) is 3.97. The second-order valence-corrected chi connectivity index (χ2v) is 7.65. The molecule has 1 fully saturated rings. The predicted octanol–water partition coefficient (Wildman–Crippen LogP) is 4.21. The molecule has 0 bridgehead atoms. The standard InChI is InChI=1S/C18H16Br2N2O2/c1-11-7-13(19)3-5-15(11)21-9-18(24)22(10-17(21)23)16-6-4-14(20)8-12(16)2/h3-8H,9-10H2,1-2H3. The van der Waals surface area contributed by atoms with Gasteiger partial charge in [-0.3, -0.25) is 9.59 Å². The Morgan fingerprint density at radius 2 is 1.12 bits per heavy atom. The lowest BCUT2D eigenvalue weighted by Crippen LogP contribution is -2.54. The Hall–Kier alpha value is -1.66. The Morgan fingerprint density at radius 3 is 1.46 bits per heavy atom. The highest BCUT2D eigenvalue weighted by molar-refractivity contribution is 9.10. The van der Waals surface area contributed by atoms with Crippen molar-refractivity contribution in [2.24, 2.45) is 0 Å². The number of carbonyl (C=O) groups excluding carboxylic acids is 2. The van der Waals surface area contributed by atoms with Crippen LogP contribution in [0.1, 0.15) is 11.1 Å². The molecular weight excluding hydrogens is 436 g/mol. The van der Waals surface area contributed by atoms with Gasteiger partial charge < -0.3 is 9.80 Å². The number of aryl methyl sites for hydroxylation is 2. The number of hydrogen-bond acceptors (Lipinski definition) is 2. The van der Waals surface area contributed by atoms with Gasteiger partial charge in [-0.15, -0.1) is 0 Å². The Labute approximate surface area is 157 Å². The molecule has 2 aromatic carbocycles. The molecule has 1 aliphatic rings. The van der Waals surface area contributed by atoms with Gasteiger partial charge in [0.1, 0.15) is 13.1 Å². The van der Waals surface area contributed by atoms with Gasteiger partial charge in [-0.1, -0.05) is 31.9 Å². The van der Waals surface area contributed by atoms with Crippen LogP contribution in [0.25, 0.3) is 0 Å². The van der Waals surface area contributed by atoms with Gasteiger partial charge in [0.05, 0.1) is 0 Å². The minimum atomic E-state index is -0.0812. The van der Waals surface area contributed by atoms with Crippen molar-refractivity contribution in [2.45, 2.75) is 13.8 Å². The minimum Gasteiger partial charge on any atom is -0.301 e. The van der Waals surface area contributed by atoms with E-state index in [4.69, 9.17) is 0 Å². The normalized spacial score (nSPS) is 15.2. The number of benzene rings is 2. The zero-order valence-electron chi connectivity index (χ0n) is 13.3. The summed E-state index contributed by atoms with van der Waals surface area (Å²) in [6, 6.07) is 11.4. The Balaban J connectivity index is 1.89. The van der Waals surface area contributed by atoms with Crippen LogP contribution in [0, 0.1) is 13.8 Å². The topological polar surface area (TPSA) is 40.6 Å². The van der Waals surface area contributed by atoms with E-state index in [0.717, 1.165) is 31.4 Å². The summed E-state index contributed by atoms with van der Waals surface area (Å²) >= 11 is 6.84. The van der Waals surface area contributed by atoms with Crippen LogP contribution in [0.4, 0.5) is 11.4 Å². The van der Waals surface area contributed by atoms with Gasteiger partial charge in [-0.25, -0.2) is 0 Å². The molecule has 24 heavy (non-hydrogen) atoms. The third kappa shape index (κ3) is 3.26. The lowest BCUT2D eigenvalue weighted by molar-refractivity contribution is -0.125. The van der Waals surface area contributed by atoms with Gasteiger partial charge >= 0.3 is 0 Å². The first-order chi connectivity index (χ1) is 11.4. The van der Waals surface area contributed by atoms with Crippen LogP contribution >= 0.6 is 31.9 Å². The molecule has 3 rings (SSSR count). The summed E-state index contributed by atoms with van der Waals surface area (Å²) in [4.78, 5) is 28.4. The first kappa shape index (κ1) is 17.2. The highest BCUT2D eigenvalue weighted by Crippen LogP contribution is 2.29. The van der Waals surface area contributed by atoms with Crippen molar-refractivity contribution in [1.29, 1.82) is 0 Å². The summed E-state index contributed by atoms with van der Waals surface area (Å²) in [7, 11) is 0. The third-order valence-corrected chi connectivity index (χ3v) is 5.07. The molecular formula is C18H16Br2N2O2. The Bertz CT molecular complexity index is 766. The summed E-state index contributed by atoms with van der Waals surface area (Å²) in [6.07, 6.45) is 0. The smallest absolute Gasteiger partial charge is 0.247 e. The Morgan fingerprint density at radius 1 is 0.750 bits per heavy atom. The van der Waals surface area contributed by atoms with Gasteiger partial charge in [0.2, 0.25) is 11.8 Å². The van der Waals surface area contributed by atoms with Crippen LogP contribution in [-0.2, 0) is 9.59 Å². The molecule has 1 aliphatic heterocycles. The first-order valence-corrected chi connectivity index (χ1v) is 9.08. The number of carbonyl (C=O) groups is 2. The number of rotatable bonds is 2. The number of piperazine rings is 1. The fraction of sp³-hybridized carbons (Fsp3) is 0.222. The second kappa shape index (κ2) is 6.69. The average Bonchev–Trinajstić information content (AvgIpc) is 2.50. The van der Waals surface area contributed by atoms with Crippen molar-refractivity contribution in [2.75, 3.05) is 22.9 Å². The van der Waals surface area contributed by atoms with Crippen molar-refractivity contribution in [3.63, 3.8) is 0 Å². The van der Waals surface area contributed by atoms with Crippen molar-refractivity contribution >= 4 is 55.0 Å². The maximum absolute atomic E-state index is 12.7.